The Bertz CT molecular complexity index is 898. The van der Waals surface area contributed by atoms with Crippen molar-refractivity contribution in [1.82, 2.24) is 20.1 Å². The number of amides is 1. The van der Waals surface area contributed by atoms with Crippen LogP contribution in [0.25, 0.3) is 11.4 Å². The first-order valence-electron chi connectivity index (χ1n) is 9.78. The van der Waals surface area contributed by atoms with Crippen LogP contribution in [0, 0.1) is 5.41 Å². The van der Waals surface area contributed by atoms with Crippen LogP contribution in [-0.4, -0.2) is 46.4 Å². The van der Waals surface area contributed by atoms with Crippen LogP contribution < -0.4 is 15.0 Å². The van der Waals surface area contributed by atoms with Crippen LogP contribution in [-0.2, 0) is 18.3 Å². The van der Waals surface area contributed by atoms with E-state index in [2.05, 4.69) is 44.0 Å². The van der Waals surface area contributed by atoms with Gasteiger partial charge in [-0.15, -0.1) is 10.2 Å². The number of nitrogens with zero attached hydrogens (tertiary/aromatic N) is 4. The first-order chi connectivity index (χ1) is 13.1. The standard InChI is InChI=1S/C20H25N5O2/c1-13-11-15-12-14(3-4-16(15)27-13)17-22-23-19(24(17)2)25-9-6-20(7-10-25)5-8-21-18(20)26/h3-4,12-13H,5-11H2,1-2H3,(H,21,26). The van der Waals surface area contributed by atoms with Crippen molar-refractivity contribution in [1.29, 1.82) is 0 Å². The number of ether oxygens (including phenoxy) is 1. The minimum atomic E-state index is -0.158. The zero-order valence-electron chi connectivity index (χ0n) is 15.9. The molecule has 3 aliphatic rings. The van der Waals surface area contributed by atoms with E-state index in [1.165, 1.54) is 5.56 Å². The van der Waals surface area contributed by atoms with Gasteiger partial charge in [0, 0.05) is 38.7 Å². The number of piperidine rings is 1. The molecule has 142 valence electrons. The zero-order chi connectivity index (χ0) is 18.6. The normalized spacial score (nSPS) is 23.4. The Balaban J connectivity index is 1.37. The predicted octanol–water partition coefficient (Wildman–Crippen LogP) is 1.91. The van der Waals surface area contributed by atoms with E-state index < -0.39 is 0 Å². The molecule has 7 heteroatoms. The van der Waals surface area contributed by atoms with Gasteiger partial charge in [0.15, 0.2) is 5.82 Å². The number of hydrogen-bond donors (Lipinski definition) is 1. The van der Waals surface area contributed by atoms with E-state index in [9.17, 15) is 4.79 Å². The van der Waals surface area contributed by atoms with Gasteiger partial charge in [-0.3, -0.25) is 9.36 Å². The van der Waals surface area contributed by atoms with Crippen LogP contribution in [0.1, 0.15) is 31.7 Å². The van der Waals surface area contributed by atoms with Gasteiger partial charge < -0.3 is 15.0 Å². The van der Waals surface area contributed by atoms with Gasteiger partial charge in [-0.2, -0.15) is 0 Å². The molecule has 2 aromatic rings. The van der Waals surface area contributed by atoms with Gasteiger partial charge in [-0.05, 0) is 49.9 Å². The van der Waals surface area contributed by atoms with Gasteiger partial charge >= 0.3 is 0 Å². The highest BCUT2D eigenvalue weighted by Crippen LogP contribution is 2.39. The minimum Gasteiger partial charge on any atom is -0.490 e. The SMILES string of the molecule is CC1Cc2cc(-c3nnc(N4CCC5(CCNC5=O)CC4)n3C)ccc2O1. The monoisotopic (exact) mass is 367 g/mol. The number of hydrogen-bond acceptors (Lipinski definition) is 5. The van der Waals surface area contributed by atoms with Gasteiger partial charge in [0.05, 0.1) is 5.41 Å². The number of nitrogens with one attached hydrogen (secondary N) is 1. The molecule has 1 amide bonds. The van der Waals surface area contributed by atoms with Crippen LogP contribution in [0.4, 0.5) is 5.95 Å². The lowest BCUT2D eigenvalue weighted by Gasteiger charge is -2.37. The van der Waals surface area contributed by atoms with Crippen LogP contribution in [0.5, 0.6) is 5.75 Å². The summed E-state index contributed by atoms with van der Waals surface area (Å²) in [5, 5.41) is 11.9. The fourth-order valence-electron chi connectivity index (χ4n) is 4.74. The molecular weight excluding hydrogens is 342 g/mol. The molecule has 1 N–H and O–H groups in total. The van der Waals surface area contributed by atoms with Crippen molar-refractivity contribution in [2.45, 2.75) is 38.7 Å². The second kappa shape index (κ2) is 5.97. The maximum Gasteiger partial charge on any atom is 0.227 e. The van der Waals surface area contributed by atoms with Gasteiger partial charge in [0.2, 0.25) is 11.9 Å². The van der Waals surface area contributed by atoms with Gasteiger partial charge in [-0.25, -0.2) is 0 Å². The van der Waals surface area contributed by atoms with E-state index in [4.69, 9.17) is 4.74 Å². The topological polar surface area (TPSA) is 72.3 Å². The van der Waals surface area contributed by atoms with Crippen LogP contribution in [0.15, 0.2) is 18.2 Å². The molecule has 3 aliphatic heterocycles. The summed E-state index contributed by atoms with van der Waals surface area (Å²) in [5.41, 5.74) is 2.14. The fourth-order valence-corrected chi connectivity index (χ4v) is 4.74. The molecule has 2 saturated heterocycles. The van der Waals surface area contributed by atoms with Crippen molar-refractivity contribution in [3.8, 4) is 17.1 Å². The Morgan fingerprint density at radius 2 is 2.04 bits per heavy atom. The van der Waals surface area contributed by atoms with E-state index in [0.717, 1.165) is 68.4 Å². The molecule has 0 bridgehead atoms. The molecule has 1 aromatic carbocycles. The van der Waals surface area contributed by atoms with Crippen LogP contribution >= 0.6 is 0 Å². The first-order valence-corrected chi connectivity index (χ1v) is 9.78. The number of fused-ring (bicyclic) bond motifs is 1. The van der Waals surface area contributed by atoms with E-state index in [1.807, 2.05) is 13.1 Å². The third kappa shape index (κ3) is 2.59. The summed E-state index contributed by atoms with van der Waals surface area (Å²) in [7, 11) is 2.02. The van der Waals surface area contributed by atoms with E-state index in [1.54, 1.807) is 0 Å². The molecule has 5 rings (SSSR count). The highest BCUT2D eigenvalue weighted by Gasteiger charge is 2.44. The molecule has 1 aromatic heterocycles. The van der Waals surface area contributed by atoms with E-state index in [-0.39, 0.29) is 17.4 Å². The molecule has 1 atom stereocenters. The summed E-state index contributed by atoms with van der Waals surface area (Å²) in [5.74, 6) is 2.95. The number of anilines is 1. The van der Waals surface area contributed by atoms with E-state index >= 15 is 0 Å². The molecule has 4 heterocycles. The van der Waals surface area contributed by atoms with Gasteiger partial charge in [0.1, 0.15) is 11.9 Å². The lowest BCUT2D eigenvalue weighted by Crippen LogP contribution is -2.44. The summed E-state index contributed by atoms with van der Waals surface area (Å²) < 4.78 is 7.86. The Morgan fingerprint density at radius 3 is 2.78 bits per heavy atom. The second-order valence-corrected chi connectivity index (χ2v) is 8.11. The maximum absolute atomic E-state index is 12.2. The lowest BCUT2D eigenvalue weighted by molar-refractivity contribution is -0.128. The minimum absolute atomic E-state index is 0.158. The molecule has 1 unspecified atom stereocenters. The first kappa shape index (κ1) is 16.6. The van der Waals surface area contributed by atoms with Gasteiger partial charge in [0.25, 0.3) is 0 Å². The maximum atomic E-state index is 12.2. The van der Waals surface area contributed by atoms with Crippen molar-refractivity contribution < 1.29 is 9.53 Å². The Hall–Kier alpha value is -2.57. The van der Waals surface area contributed by atoms with Crippen molar-refractivity contribution in [3.05, 3.63) is 23.8 Å². The predicted molar refractivity (Wildman–Crippen MR) is 102 cm³/mol. The van der Waals surface area contributed by atoms with Crippen molar-refractivity contribution in [2.75, 3.05) is 24.5 Å². The highest BCUT2D eigenvalue weighted by atomic mass is 16.5. The summed E-state index contributed by atoms with van der Waals surface area (Å²) in [4.78, 5) is 14.4. The van der Waals surface area contributed by atoms with Gasteiger partial charge in [-0.1, -0.05) is 0 Å². The van der Waals surface area contributed by atoms with E-state index in [0.29, 0.717) is 0 Å². The lowest BCUT2D eigenvalue weighted by atomic mass is 9.77. The summed E-state index contributed by atoms with van der Waals surface area (Å²) in [6, 6.07) is 6.26. The fraction of sp³-hybridized carbons (Fsp3) is 0.550. The molecule has 7 nitrogen and oxygen atoms in total. The van der Waals surface area contributed by atoms with Crippen LogP contribution in [0.3, 0.4) is 0 Å². The molecule has 2 fully saturated rings. The molecule has 0 radical (unpaired) electrons. The molecule has 1 spiro atoms. The average Bonchev–Trinajstić information content (AvgIpc) is 3.33. The highest BCUT2D eigenvalue weighted by molar-refractivity contribution is 5.85. The second-order valence-electron chi connectivity index (χ2n) is 8.11. The number of carbonyl (C=O) groups is 1. The number of benzene rings is 1. The van der Waals surface area contributed by atoms with Crippen molar-refractivity contribution in [3.63, 3.8) is 0 Å². The largest absolute Gasteiger partial charge is 0.490 e. The Morgan fingerprint density at radius 1 is 1.22 bits per heavy atom. The number of aromatic nitrogens is 3. The molecule has 0 saturated carbocycles. The van der Waals surface area contributed by atoms with Crippen LogP contribution in [0.2, 0.25) is 0 Å². The summed E-state index contributed by atoms with van der Waals surface area (Å²) in [6.45, 7) is 4.59. The Kier molecular flexibility index (Phi) is 3.67. The third-order valence-corrected chi connectivity index (χ3v) is 6.38. The molecule has 27 heavy (non-hydrogen) atoms. The van der Waals surface area contributed by atoms with Crippen molar-refractivity contribution in [2.24, 2.45) is 12.5 Å². The van der Waals surface area contributed by atoms with Crippen molar-refractivity contribution >= 4 is 11.9 Å². The summed E-state index contributed by atoms with van der Waals surface area (Å²) in [6.07, 6.45) is 3.90. The average molecular weight is 367 g/mol. The molecular formula is C20H25N5O2. The quantitative estimate of drug-likeness (QED) is 0.878. The smallest absolute Gasteiger partial charge is 0.227 e. The third-order valence-electron chi connectivity index (χ3n) is 6.38. The summed E-state index contributed by atoms with van der Waals surface area (Å²) >= 11 is 0. The molecule has 0 aliphatic carbocycles. The Labute approximate surface area is 158 Å². The number of carbonyl (C=O) groups excluding carboxylic acids is 1. The zero-order valence-corrected chi connectivity index (χ0v) is 15.9. The number of rotatable bonds is 2.